The van der Waals surface area contributed by atoms with E-state index in [0.717, 1.165) is 6.07 Å². The predicted octanol–water partition coefficient (Wildman–Crippen LogP) is 2.47. The third kappa shape index (κ3) is 2.66. The molecule has 0 atom stereocenters. The van der Waals surface area contributed by atoms with Crippen LogP contribution in [0.25, 0.3) is 0 Å². The number of nitrogens with zero attached hydrogens (tertiary/aromatic N) is 1. The van der Waals surface area contributed by atoms with Crippen LogP contribution >= 0.6 is 0 Å². The van der Waals surface area contributed by atoms with Crippen LogP contribution in [0, 0.1) is 0 Å². The van der Waals surface area contributed by atoms with E-state index < -0.39 is 5.91 Å². The molecule has 0 aliphatic carbocycles. The van der Waals surface area contributed by atoms with Gasteiger partial charge in [0.2, 0.25) is 0 Å². The highest BCUT2D eigenvalue weighted by molar-refractivity contribution is 6.08. The van der Waals surface area contributed by atoms with E-state index in [1.807, 2.05) is 0 Å². The minimum absolute atomic E-state index is 0.0590. The second-order valence-corrected chi connectivity index (χ2v) is 4.27. The lowest BCUT2D eigenvalue weighted by Crippen LogP contribution is -2.30. The molecule has 0 aliphatic heterocycles. The van der Waals surface area contributed by atoms with Crippen molar-refractivity contribution >= 4 is 11.6 Å². The Morgan fingerprint density at radius 2 is 1.75 bits per heavy atom. The number of hydrogen-bond donors (Lipinski definition) is 3. The number of phenols is 3. The molecule has 2 rings (SSSR count). The van der Waals surface area contributed by atoms with E-state index in [1.165, 1.54) is 29.2 Å². The number of phenolic OH excluding ortho intramolecular Hbond substituents is 3. The van der Waals surface area contributed by atoms with Crippen molar-refractivity contribution in [3.63, 3.8) is 0 Å². The number of hydrogen-bond acceptors (Lipinski definition) is 4. The van der Waals surface area contributed by atoms with E-state index in [4.69, 9.17) is 0 Å². The van der Waals surface area contributed by atoms with Crippen LogP contribution in [-0.2, 0) is 0 Å². The highest BCUT2D eigenvalue weighted by Gasteiger charge is 2.19. The molecule has 104 valence electrons. The Bertz CT molecular complexity index is 640. The van der Waals surface area contributed by atoms with Gasteiger partial charge < -0.3 is 20.2 Å². The van der Waals surface area contributed by atoms with Crippen molar-refractivity contribution in [1.82, 2.24) is 0 Å². The van der Waals surface area contributed by atoms with Gasteiger partial charge in [0.05, 0.1) is 5.56 Å². The first kappa shape index (κ1) is 13.7. The molecular formula is C15H15NO4. The Hall–Kier alpha value is -2.69. The Morgan fingerprint density at radius 3 is 2.35 bits per heavy atom. The van der Waals surface area contributed by atoms with E-state index in [9.17, 15) is 20.1 Å². The third-order valence-electron chi connectivity index (χ3n) is 2.91. The Balaban J connectivity index is 2.39. The molecule has 0 aromatic heterocycles. The summed E-state index contributed by atoms with van der Waals surface area (Å²) in [5.74, 6) is -0.743. The molecule has 2 aromatic rings. The minimum atomic E-state index is -0.407. The minimum Gasteiger partial charge on any atom is -0.508 e. The monoisotopic (exact) mass is 273 g/mol. The maximum Gasteiger partial charge on any atom is 0.262 e. The number of carbonyl (C=O) groups excluding carboxylic acids is 1. The van der Waals surface area contributed by atoms with E-state index in [-0.39, 0.29) is 22.8 Å². The van der Waals surface area contributed by atoms with Gasteiger partial charge in [0.15, 0.2) is 0 Å². The highest BCUT2D eigenvalue weighted by Crippen LogP contribution is 2.27. The van der Waals surface area contributed by atoms with Gasteiger partial charge >= 0.3 is 0 Å². The van der Waals surface area contributed by atoms with Crippen molar-refractivity contribution in [1.29, 1.82) is 0 Å². The largest absolute Gasteiger partial charge is 0.508 e. The summed E-state index contributed by atoms with van der Waals surface area (Å²) in [6, 6.07) is 10.1. The van der Waals surface area contributed by atoms with E-state index in [1.54, 1.807) is 19.1 Å². The van der Waals surface area contributed by atoms with Gasteiger partial charge in [-0.25, -0.2) is 0 Å². The summed E-state index contributed by atoms with van der Waals surface area (Å²) in [5.41, 5.74) is 0.623. The lowest BCUT2D eigenvalue weighted by atomic mass is 10.1. The molecule has 0 spiro atoms. The van der Waals surface area contributed by atoms with Crippen LogP contribution in [0.1, 0.15) is 17.3 Å². The second-order valence-electron chi connectivity index (χ2n) is 4.27. The molecule has 2 aromatic carbocycles. The normalized spacial score (nSPS) is 10.2. The summed E-state index contributed by atoms with van der Waals surface area (Å²) < 4.78 is 0. The van der Waals surface area contributed by atoms with Gasteiger partial charge in [-0.15, -0.1) is 0 Å². The smallest absolute Gasteiger partial charge is 0.262 e. The fraction of sp³-hybridized carbons (Fsp3) is 0.133. The Labute approximate surface area is 116 Å². The Kier molecular flexibility index (Phi) is 3.79. The second kappa shape index (κ2) is 5.52. The van der Waals surface area contributed by atoms with Gasteiger partial charge in [-0.05, 0) is 31.2 Å². The molecule has 0 unspecified atom stereocenters. The molecule has 0 heterocycles. The molecule has 0 aliphatic rings. The van der Waals surface area contributed by atoms with E-state index >= 15 is 0 Å². The summed E-state index contributed by atoms with van der Waals surface area (Å²) in [7, 11) is 0. The van der Waals surface area contributed by atoms with Gasteiger partial charge in [0.25, 0.3) is 5.91 Å². The summed E-state index contributed by atoms with van der Waals surface area (Å²) in [4.78, 5) is 13.8. The zero-order valence-electron chi connectivity index (χ0n) is 10.9. The SMILES string of the molecule is CCN(C(=O)c1ccc(O)cc1O)c1cccc(O)c1. The third-order valence-corrected chi connectivity index (χ3v) is 2.91. The van der Waals surface area contributed by atoms with Gasteiger partial charge in [0.1, 0.15) is 17.2 Å². The van der Waals surface area contributed by atoms with Gasteiger partial charge in [0, 0.05) is 24.4 Å². The molecular weight excluding hydrogens is 258 g/mol. The van der Waals surface area contributed by atoms with Crippen LogP contribution < -0.4 is 4.90 Å². The van der Waals surface area contributed by atoms with Crippen molar-refractivity contribution in [2.24, 2.45) is 0 Å². The van der Waals surface area contributed by atoms with Crippen molar-refractivity contribution in [2.45, 2.75) is 6.92 Å². The van der Waals surface area contributed by atoms with Crippen molar-refractivity contribution in [3.05, 3.63) is 48.0 Å². The average molecular weight is 273 g/mol. The zero-order valence-corrected chi connectivity index (χ0v) is 10.9. The molecule has 5 heteroatoms. The fourth-order valence-electron chi connectivity index (χ4n) is 1.95. The average Bonchev–Trinajstić information content (AvgIpc) is 2.39. The lowest BCUT2D eigenvalue weighted by Gasteiger charge is -2.21. The zero-order chi connectivity index (χ0) is 14.7. The van der Waals surface area contributed by atoms with Crippen LogP contribution in [0.2, 0.25) is 0 Å². The van der Waals surface area contributed by atoms with Crippen molar-refractivity contribution in [2.75, 3.05) is 11.4 Å². The number of carbonyl (C=O) groups is 1. The standard InChI is InChI=1S/C15H15NO4/c1-2-16(10-4-3-5-11(17)8-10)15(20)13-7-6-12(18)9-14(13)19/h3-9,17-19H,2H2,1H3. The topological polar surface area (TPSA) is 81.0 Å². The highest BCUT2D eigenvalue weighted by atomic mass is 16.3. The summed E-state index contributed by atoms with van der Waals surface area (Å²) >= 11 is 0. The number of anilines is 1. The van der Waals surface area contributed by atoms with E-state index in [0.29, 0.717) is 12.2 Å². The molecule has 0 saturated carbocycles. The van der Waals surface area contributed by atoms with Gasteiger partial charge in [-0.1, -0.05) is 6.07 Å². The van der Waals surface area contributed by atoms with Crippen LogP contribution in [0.4, 0.5) is 5.69 Å². The molecule has 5 nitrogen and oxygen atoms in total. The molecule has 3 N–H and O–H groups in total. The number of aromatic hydroxyl groups is 3. The lowest BCUT2D eigenvalue weighted by molar-refractivity contribution is 0.0985. The molecule has 0 bridgehead atoms. The van der Waals surface area contributed by atoms with Crippen LogP contribution in [0.15, 0.2) is 42.5 Å². The summed E-state index contributed by atoms with van der Waals surface area (Å²) in [6.45, 7) is 2.17. The Morgan fingerprint density at radius 1 is 1.05 bits per heavy atom. The fourth-order valence-corrected chi connectivity index (χ4v) is 1.95. The van der Waals surface area contributed by atoms with Crippen molar-refractivity contribution in [3.8, 4) is 17.2 Å². The van der Waals surface area contributed by atoms with Crippen LogP contribution in [0.3, 0.4) is 0 Å². The van der Waals surface area contributed by atoms with Gasteiger partial charge in [-0.3, -0.25) is 4.79 Å². The summed E-state index contributed by atoms with van der Waals surface area (Å²) in [6.07, 6.45) is 0. The number of rotatable bonds is 3. The molecule has 0 radical (unpaired) electrons. The van der Waals surface area contributed by atoms with E-state index in [2.05, 4.69) is 0 Å². The first-order valence-electron chi connectivity index (χ1n) is 6.15. The molecule has 1 amide bonds. The van der Waals surface area contributed by atoms with Crippen molar-refractivity contribution < 1.29 is 20.1 Å². The van der Waals surface area contributed by atoms with Crippen LogP contribution in [0.5, 0.6) is 17.2 Å². The first-order chi connectivity index (χ1) is 9.52. The predicted molar refractivity (Wildman–Crippen MR) is 75.2 cm³/mol. The van der Waals surface area contributed by atoms with Gasteiger partial charge in [-0.2, -0.15) is 0 Å². The number of benzene rings is 2. The maximum absolute atomic E-state index is 12.4. The molecule has 0 fully saturated rings. The molecule has 20 heavy (non-hydrogen) atoms. The summed E-state index contributed by atoms with van der Waals surface area (Å²) in [5, 5.41) is 28.5. The maximum atomic E-state index is 12.4. The molecule has 0 saturated heterocycles. The van der Waals surface area contributed by atoms with Crippen LogP contribution in [-0.4, -0.2) is 27.8 Å². The first-order valence-corrected chi connectivity index (χ1v) is 6.15. The number of amides is 1. The quantitative estimate of drug-likeness (QED) is 0.802.